The van der Waals surface area contributed by atoms with Gasteiger partial charge in [0.1, 0.15) is 0 Å². The standard InChI is InChI=1S/C15H13ClO2/c1-10(15(17)18)13-8-7-12(16)9-14(13)11-5-3-2-4-6-11/h2-10H,1H3,(H,17,18). The number of hydrogen-bond donors (Lipinski definition) is 1. The van der Waals surface area contributed by atoms with Crippen LogP contribution >= 0.6 is 11.6 Å². The van der Waals surface area contributed by atoms with Crippen molar-refractivity contribution in [2.24, 2.45) is 0 Å². The Morgan fingerprint density at radius 2 is 1.83 bits per heavy atom. The zero-order chi connectivity index (χ0) is 13.1. The molecule has 3 heteroatoms. The predicted molar refractivity (Wildman–Crippen MR) is 72.9 cm³/mol. The van der Waals surface area contributed by atoms with Crippen LogP contribution in [0.2, 0.25) is 5.02 Å². The molecule has 0 radical (unpaired) electrons. The van der Waals surface area contributed by atoms with E-state index in [9.17, 15) is 4.79 Å². The molecule has 0 aliphatic rings. The van der Waals surface area contributed by atoms with Crippen LogP contribution in [0.4, 0.5) is 0 Å². The quantitative estimate of drug-likeness (QED) is 0.898. The van der Waals surface area contributed by atoms with Gasteiger partial charge in [0.25, 0.3) is 0 Å². The summed E-state index contributed by atoms with van der Waals surface area (Å²) in [7, 11) is 0. The minimum Gasteiger partial charge on any atom is -0.481 e. The molecule has 0 aliphatic heterocycles. The third-order valence-corrected chi connectivity index (χ3v) is 3.17. The Hall–Kier alpha value is -1.80. The lowest BCUT2D eigenvalue weighted by atomic mass is 9.92. The van der Waals surface area contributed by atoms with Crippen molar-refractivity contribution >= 4 is 17.6 Å². The van der Waals surface area contributed by atoms with E-state index in [0.29, 0.717) is 5.02 Å². The fourth-order valence-electron chi connectivity index (χ4n) is 1.91. The molecule has 0 amide bonds. The lowest BCUT2D eigenvalue weighted by Crippen LogP contribution is -2.08. The van der Waals surface area contributed by atoms with E-state index in [1.165, 1.54) is 0 Å². The van der Waals surface area contributed by atoms with E-state index in [2.05, 4.69) is 0 Å². The van der Waals surface area contributed by atoms with Crippen LogP contribution in [0, 0.1) is 0 Å². The predicted octanol–water partition coefficient (Wildman–Crippen LogP) is 4.20. The highest BCUT2D eigenvalue weighted by Gasteiger charge is 2.18. The van der Waals surface area contributed by atoms with Crippen molar-refractivity contribution in [1.29, 1.82) is 0 Å². The van der Waals surface area contributed by atoms with Crippen LogP contribution in [0.3, 0.4) is 0 Å². The highest BCUT2D eigenvalue weighted by atomic mass is 35.5. The van der Waals surface area contributed by atoms with Gasteiger partial charge >= 0.3 is 5.97 Å². The van der Waals surface area contributed by atoms with Crippen molar-refractivity contribution in [3.8, 4) is 11.1 Å². The lowest BCUT2D eigenvalue weighted by Gasteiger charge is -2.13. The number of carbonyl (C=O) groups is 1. The Kier molecular flexibility index (Phi) is 3.68. The zero-order valence-corrected chi connectivity index (χ0v) is 10.7. The van der Waals surface area contributed by atoms with Gasteiger partial charge in [-0.05, 0) is 35.7 Å². The van der Waals surface area contributed by atoms with E-state index in [0.717, 1.165) is 16.7 Å². The van der Waals surface area contributed by atoms with Gasteiger partial charge < -0.3 is 5.11 Å². The Balaban J connectivity index is 2.58. The maximum atomic E-state index is 11.1. The maximum absolute atomic E-state index is 11.1. The number of carboxylic acid groups (broad SMARTS) is 1. The SMILES string of the molecule is CC(C(=O)O)c1ccc(Cl)cc1-c1ccccc1. The first-order valence-corrected chi connectivity index (χ1v) is 6.05. The topological polar surface area (TPSA) is 37.3 Å². The average Bonchev–Trinajstić information content (AvgIpc) is 2.39. The average molecular weight is 261 g/mol. The van der Waals surface area contributed by atoms with Crippen molar-refractivity contribution in [2.45, 2.75) is 12.8 Å². The second-order valence-corrected chi connectivity index (χ2v) is 4.59. The number of carboxylic acids is 1. The number of hydrogen-bond acceptors (Lipinski definition) is 1. The summed E-state index contributed by atoms with van der Waals surface area (Å²) < 4.78 is 0. The van der Waals surface area contributed by atoms with E-state index in [1.54, 1.807) is 19.1 Å². The van der Waals surface area contributed by atoms with Gasteiger partial charge in [0.05, 0.1) is 5.92 Å². The molecule has 0 fully saturated rings. The molecular weight excluding hydrogens is 248 g/mol. The van der Waals surface area contributed by atoms with Gasteiger partial charge in [-0.3, -0.25) is 4.79 Å². The number of aliphatic carboxylic acids is 1. The van der Waals surface area contributed by atoms with Crippen molar-refractivity contribution in [3.05, 3.63) is 59.1 Å². The second kappa shape index (κ2) is 5.23. The summed E-state index contributed by atoms with van der Waals surface area (Å²) in [5.74, 6) is -1.40. The molecule has 0 saturated carbocycles. The summed E-state index contributed by atoms with van der Waals surface area (Å²) in [6.45, 7) is 1.68. The van der Waals surface area contributed by atoms with Gasteiger partial charge in [0.2, 0.25) is 0 Å². The van der Waals surface area contributed by atoms with Gasteiger partial charge in [-0.1, -0.05) is 48.0 Å². The van der Waals surface area contributed by atoms with Gasteiger partial charge in [-0.15, -0.1) is 0 Å². The highest BCUT2D eigenvalue weighted by Crippen LogP contribution is 2.31. The minimum absolute atomic E-state index is 0.558. The lowest BCUT2D eigenvalue weighted by molar-refractivity contribution is -0.138. The van der Waals surface area contributed by atoms with E-state index < -0.39 is 11.9 Å². The summed E-state index contributed by atoms with van der Waals surface area (Å²) in [4.78, 5) is 11.1. The molecular formula is C15H13ClO2. The third-order valence-electron chi connectivity index (χ3n) is 2.94. The Bertz CT molecular complexity index is 564. The molecule has 1 unspecified atom stereocenters. The van der Waals surface area contributed by atoms with E-state index >= 15 is 0 Å². The molecule has 2 nitrogen and oxygen atoms in total. The maximum Gasteiger partial charge on any atom is 0.310 e. The summed E-state index contributed by atoms with van der Waals surface area (Å²) in [5.41, 5.74) is 2.62. The molecule has 0 heterocycles. The van der Waals surface area contributed by atoms with Crippen molar-refractivity contribution in [3.63, 3.8) is 0 Å². The molecule has 0 aliphatic carbocycles. The number of rotatable bonds is 3. The Morgan fingerprint density at radius 1 is 1.17 bits per heavy atom. The fraction of sp³-hybridized carbons (Fsp3) is 0.133. The van der Waals surface area contributed by atoms with Crippen molar-refractivity contribution < 1.29 is 9.90 Å². The van der Waals surface area contributed by atoms with Crippen LogP contribution in [-0.4, -0.2) is 11.1 Å². The molecule has 92 valence electrons. The summed E-state index contributed by atoms with van der Waals surface area (Å²) >= 11 is 6.00. The Labute approximate surface area is 111 Å². The zero-order valence-electron chi connectivity index (χ0n) is 9.93. The number of halogens is 1. The van der Waals surface area contributed by atoms with Crippen LogP contribution in [0.15, 0.2) is 48.5 Å². The van der Waals surface area contributed by atoms with Gasteiger partial charge in [-0.2, -0.15) is 0 Å². The van der Waals surface area contributed by atoms with Gasteiger partial charge in [-0.25, -0.2) is 0 Å². The van der Waals surface area contributed by atoms with Crippen LogP contribution in [0.25, 0.3) is 11.1 Å². The van der Waals surface area contributed by atoms with Crippen molar-refractivity contribution in [2.75, 3.05) is 0 Å². The molecule has 0 spiro atoms. The molecule has 0 bridgehead atoms. The van der Waals surface area contributed by atoms with E-state index in [-0.39, 0.29) is 0 Å². The summed E-state index contributed by atoms with van der Waals surface area (Å²) in [6.07, 6.45) is 0. The first-order chi connectivity index (χ1) is 8.59. The minimum atomic E-state index is -0.838. The molecule has 2 rings (SSSR count). The van der Waals surface area contributed by atoms with Gasteiger partial charge in [0, 0.05) is 5.02 Å². The fourth-order valence-corrected chi connectivity index (χ4v) is 2.08. The number of benzene rings is 2. The molecule has 2 aromatic carbocycles. The Morgan fingerprint density at radius 3 is 2.44 bits per heavy atom. The summed E-state index contributed by atoms with van der Waals surface area (Å²) in [5, 5.41) is 9.75. The third kappa shape index (κ3) is 2.54. The van der Waals surface area contributed by atoms with Crippen molar-refractivity contribution in [1.82, 2.24) is 0 Å². The van der Waals surface area contributed by atoms with Crippen LogP contribution in [0.5, 0.6) is 0 Å². The van der Waals surface area contributed by atoms with E-state index in [4.69, 9.17) is 16.7 Å². The van der Waals surface area contributed by atoms with Crippen LogP contribution in [0.1, 0.15) is 18.4 Å². The highest BCUT2D eigenvalue weighted by molar-refractivity contribution is 6.30. The van der Waals surface area contributed by atoms with Crippen LogP contribution in [-0.2, 0) is 4.79 Å². The van der Waals surface area contributed by atoms with E-state index in [1.807, 2.05) is 36.4 Å². The smallest absolute Gasteiger partial charge is 0.310 e. The normalized spacial score (nSPS) is 12.1. The molecule has 1 N–H and O–H groups in total. The monoisotopic (exact) mass is 260 g/mol. The second-order valence-electron chi connectivity index (χ2n) is 4.16. The molecule has 1 atom stereocenters. The first kappa shape index (κ1) is 12.7. The molecule has 2 aromatic rings. The first-order valence-electron chi connectivity index (χ1n) is 5.67. The molecule has 0 saturated heterocycles. The molecule has 0 aromatic heterocycles. The summed E-state index contributed by atoms with van der Waals surface area (Å²) in [6, 6.07) is 15.0. The molecule has 18 heavy (non-hydrogen) atoms. The van der Waals surface area contributed by atoms with Gasteiger partial charge in [0.15, 0.2) is 0 Å². The van der Waals surface area contributed by atoms with Crippen LogP contribution < -0.4 is 0 Å². The largest absolute Gasteiger partial charge is 0.481 e.